The molecule has 7 heteroatoms. The van der Waals surface area contributed by atoms with E-state index in [4.69, 9.17) is 9.26 Å². The maximum absolute atomic E-state index is 12.7. The van der Waals surface area contributed by atoms with Crippen molar-refractivity contribution < 1.29 is 18.8 Å². The van der Waals surface area contributed by atoms with Crippen LogP contribution in [-0.4, -0.2) is 28.6 Å². The molecule has 7 nitrogen and oxygen atoms in total. The van der Waals surface area contributed by atoms with E-state index in [0.717, 1.165) is 41.4 Å². The van der Waals surface area contributed by atoms with Crippen LogP contribution in [0.2, 0.25) is 0 Å². The summed E-state index contributed by atoms with van der Waals surface area (Å²) in [7, 11) is 0. The summed E-state index contributed by atoms with van der Waals surface area (Å²) in [6.07, 6.45) is 2.61. The molecule has 0 atom stereocenters. The number of aryl methyl sites for hydroxylation is 2. The van der Waals surface area contributed by atoms with Crippen molar-refractivity contribution in [3.05, 3.63) is 52.8 Å². The second-order valence-electron chi connectivity index (χ2n) is 6.24. The molecule has 1 aliphatic rings. The van der Waals surface area contributed by atoms with E-state index in [9.17, 15) is 9.59 Å². The molecule has 0 saturated heterocycles. The monoisotopic (exact) mass is 351 g/mol. The fourth-order valence-corrected chi connectivity index (χ4v) is 3.24. The Kier molecular flexibility index (Phi) is 4.12. The predicted molar refractivity (Wildman–Crippen MR) is 93.9 cm³/mol. The lowest BCUT2D eigenvalue weighted by molar-refractivity contribution is -0.119. The summed E-state index contributed by atoms with van der Waals surface area (Å²) in [5, 5.41) is 6.94. The molecule has 0 unspecified atom stereocenters. The number of aromatic nitrogens is 2. The molecular formula is C19H17N3O4. The number of pyridine rings is 1. The Bertz CT molecular complexity index is 1010. The van der Waals surface area contributed by atoms with E-state index < -0.39 is 18.5 Å². The highest BCUT2D eigenvalue weighted by Gasteiger charge is 2.25. The van der Waals surface area contributed by atoms with Crippen LogP contribution in [0.25, 0.3) is 10.9 Å². The average molecular weight is 351 g/mol. The lowest BCUT2D eigenvalue weighted by Gasteiger charge is -2.11. The van der Waals surface area contributed by atoms with Gasteiger partial charge < -0.3 is 9.26 Å². The Morgan fingerprint density at radius 2 is 2.12 bits per heavy atom. The summed E-state index contributed by atoms with van der Waals surface area (Å²) in [5.41, 5.74) is 3.81. The molecule has 3 aromatic rings. The summed E-state index contributed by atoms with van der Waals surface area (Å²) in [4.78, 5) is 29.3. The van der Waals surface area contributed by atoms with Gasteiger partial charge in [0.15, 0.2) is 6.61 Å². The predicted octanol–water partition coefficient (Wildman–Crippen LogP) is 2.82. The second kappa shape index (κ2) is 6.59. The summed E-state index contributed by atoms with van der Waals surface area (Å²) in [5.74, 6) is -0.769. The smallest absolute Gasteiger partial charge is 0.339 e. The number of carbonyl (C=O) groups is 2. The lowest BCUT2D eigenvalue weighted by atomic mass is 10.0. The largest absolute Gasteiger partial charge is 0.452 e. The molecule has 0 fully saturated rings. The van der Waals surface area contributed by atoms with Gasteiger partial charge in [0.25, 0.3) is 5.91 Å². The van der Waals surface area contributed by atoms with Crippen LogP contribution in [0.15, 0.2) is 34.9 Å². The molecule has 0 saturated carbocycles. The van der Waals surface area contributed by atoms with Gasteiger partial charge in [-0.05, 0) is 37.8 Å². The Labute approximate surface area is 149 Å². The number of fused-ring (bicyclic) bond motifs is 2. The number of ether oxygens (including phenoxy) is 1. The van der Waals surface area contributed by atoms with Gasteiger partial charge in [0.2, 0.25) is 5.88 Å². The summed E-state index contributed by atoms with van der Waals surface area (Å²) >= 11 is 0. The summed E-state index contributed by atoms with van der Waals surface area (Å²) in [6, 6.07) is 9.07. The molecule has 1 N–H and O–H groups in total. The van der Waals surface area contributed by atoms with E-state index in [1.807, 2.05) is 24.3 Å². The van der Waals surface area contributed by atoms with Gasteiger partial charge in [-0.25, -0.2) is 4.79 Å². The highest BCUT2D eigenvalue weighted by Crippen LogP contribution is 2.30. The number of hydrogen-bond donors (Lipinski definition) is 1. The average Bonchev–Trinajstić information content (AvgIpc) is 3.26. The third-order valence-electron chi connectivity index (χ3n) is 4.35. The van der Waals surface area contributed by atoms with Gasteiger partial charge in [-0.15, -0.1) is 0 Å². The van der Waals surface area contributed by atoms with E-state index >= 15 is 0 Å². The van der Waals surface area contributed by atoms with Crippen LogP contribution in [0.3, 0.4) is 0 Å². The minimum absolute atomic E-state index is 0.221. The van der Waals surface area contributed by atoms with Crippen molar-refractivity contribution >= 4 is 28.7 Å². The van der Waals surface area contributed by atoms with Gasteiger partial charge >= 0.3 is 5.97 Å². The molecule has 0 aliphatic heterocycles. The zero-order valence-electron chi connectivity index (χ0n) is 14.2. The van der Waals surface area contributed by atoms with Crippen LogP contribution in [0.5, 0.6) is 0 Å². The van der Waals surface area contributed by atoms with E-state index in [1.54, 1.807) is 13.0 Å². The fourth-order valence-electron chi connectivity index (χ4n) is 3.24. The molecular weight excluding hydrogens is 334 g/mol. The SMILES string of the molecule is Cc1cc(NC(=O)COC(=O)c2c3c(nc4ccccc24)CCC3)on1. The number of carbonyl (C=O) groups excluding carboxylic acids is 2. The normalized spacial score (nSPS) is 12.8. The molecule has 0 spiro atoms. The van der Waals surface area contributed by atoms with Crippen molar-refractivity contribution in [2.24, 2.45) is 0 Å². The minimum Gasteiger partial charge on any atom is -0.452 e. The van der Waals surface area contributed by atoms with Crippen LogP contribution < -0.4 is 5.32 Å². The van der Waals surface area contributed by atoms with Crippen LogP contribution in [0, 0.1) is 6.92 Å². The number of hydrogen-bond acceptors (Lipinski definition) is 6. The molecule has 2 aromatic heterocycles. The van der Waals surface area contributed by atoms with Crippen molar-refractivity contribution in [3.63, 3.8) is 0 Å². The number of anilines is 1. The van der Waals surface area contributed by atoms with Gasteiger partial charge in [-0.2, -0.15) is 0 Å². The van der Waals surface area contributed by atoms with Crippen LogP contribution in [0.1, 0.15) is 33.7 Å². The Balaban J connectivity index is 1.54. The first-order chi connectivity index (χ1) is 12.6. The Hall–Kier alpha value is -3.22. The van der Waals surface area contributed by atoms with Gasteiger partial charge in [0.1, 0.15) is 0 Å². The highest BCUT2D eigenvalue weighted by molar-refractivity contribution is 6.06. The van der Waals surface area contributed by atoms with E-state index in [0.29, 0.717) is 11.3 Å². The number of esters is 1. The highest BCUT2D eigenvalue weighted by atomic mass is 16.5. The standard InChI is InChI=1S/C19H17N3O4/c1-11-9-17(26-22-11)21-16(23)10-25-19(24)18-12-5-2-3-7-14(12)20-15-8-4-6-13(15)18/h2-3,5,7,9H,4,6,8,10H2,1H3,(H,21,23). The van der Waals surface area contributed by atoms with Gasteiger partial charge in [0.05, 0.1) is 16.8 Å². The molecule has 132 valence electrons. The lowest BCUT2D eigenvalue weighted by Crippen LogP contribution is -2.21. The molecule has 2 heterocycles. The third-order valence-corrected chi connectivity index (χ3v) is 4.35. The molecule has 0 radical (unpaired) electrons. The minimum atomic E-state index is -0.509. The van der Waals surface area contributed by atoms with Crippen LogP contribution in [-0.2, 0) is 22.4 Å². The number of rotatable bonds is 4. The summed E-state index contributed by atoms with van der Waals surface area (Å²) < 4.78 is 10.2. The molecule has 0 bridgehead atoms. The number of para-hydroxylation sites is 1. The first kappa shape index (κ1) is 16.3. The van der Waals surface area contributed by atoms with Crippen molar-refractivity contribution in [3.8, 4) is 0 Å². The third kappa shape index (κ3) is 3.03. The number of amides is 1. The molecule has 4 rings (SSSR count). The topological polar surface area (TPSA) is 94.3 Å². The Morgan fingerprint density at radius 3 is 2.92 bits per heavy atom. The van der Waals surface area contributed by atoms with Crippen LogP contribution >= 0.6 is 0 Å². The van der Waals surface area contributed by atoms with Crippen LogP contribution in [0.4, 0.5) is 5.88 Å². The zero-order chi connectivity index (χ0) is 18.1. The number of nitrogens with zero attached hydrogens (tertiary/aromatic N) is 2. The van der Waals surface area contributed by atoms with Crippen molar-refractivity contribution in [1.29, 1.82) is 0 Å². The molecule has 1 amide bonds. The van der Waals surface area contributed by atoms with Gasteiger partial charge in [-0.1, -0.05) is 23.4 Å². The Morgan fingerprint density at radius 1 is 1.27 bits per heavy atom. The first-order valence-corrected chi connectivity index (χ1v) is 8.42. The fraction of sp³-hybridized carbons (Fsp3) is 0.263. The maximum Gasteiger partial charge on any atom is 0.339 e. The quantitative estimate of drug-likeness (QED) is 0.726. The molecule has 1 aliphatic carbocycles. The maximum atomic E-state index is 12.7. The van der Waals surface area contributed by atoms with Crippen molar-refractivity contribution in [2.45, 2.75) is 26.2 Å². The zero-order valence-corrected chi connectivity index (χ0v) is 14.2. The van der Waals surface area contributed by atoms with Gasteiger partial charge in [0, 0.05) is 17.1 Å². The van der Waals surface area contributed by atoms with E-state index in [1.165, 1.54) is 0 Å². The van der Waals surface area contributed by atoms with Gasteiger partial charge in [-0.3, -0.25) is 15.1 Å². The van der Waals surface area contributed by atoms with E-state index in [-0.39, 0.29) is 5.88 Å². The van der Waals surface area contributed by atoms with E-state index in [2.05, 4.69) is 15.5 Å². The van der Waals surface area contributed by atoms with Crippen molar-refractivity contribution in [1.82, 2.24) is 10.1 Å². The molecule has 1 aromatic carbocycles. The number of benzene rings is 1. The second-order valence-corrected chi connectivity index (χ2v) is 6.24. The summed E-state index contributed by atoms with van der Waals surface area (Å²) in [6.45, 7) is 1.35. The number of nitrogens with one attached hydrogen (secondary N) is 1. The first-order valence-electron chi connectivity index (χ1n) is 8.42. The van der Waals surface area contributed by atoms with Crippen molar-refractivity contribution in [2.75, 3.05) is 11.9 Å². The molecule has 26 heavy (non-hydrogen) atoms.